The third-order valence-electron chi connectivity index (χ3n) is 0. The molecule has 6 heteroatoms. The van der Waals surface area contributed by atoms with Gasteiger partial charge in [0.05, 0.1) is 0 Å². The summed E-state index contributed by atoms with van der Waals surface area (Å²) in [7, 11) is 1.00. The van der Waals surface area contributed by atoms with Crippen LogP contribution < -0.4 is 0 Å². The molecular formula is C3H12I3OSV. The molecule has 1 N–H and O–H groups in total. The summed E-state index contributed by atoms with van der Waals surface area (Å²) in [6.07, 6.45) is 0. The molecule has 0 aromatic rings. The first-order valence-corrected chi connectivity index (χ1v) is 15.5. The van der Waals surface area contributed by atoms with Gasteiger partial charge in [-0.25, -0.2) is 0 Å². The summed E-state index contributed by atoms with van der Waals surface area (Å²) in [5, 5.41) is 7.00. The summed E-state index contributed by atoms with van der Waals surface area (Å²) >= 11 is 7.39. The molecule has 0 atom stereocenters. The predicted octanol–water partition coefficient (Wildman–Crippen LogP) is 3.40. The van der Waals surface area contributed by atoms with Gasteiger partial charge in [0.25, 0.3) is 0 Å². The number of rotatable bonds is 0. The molecule has 0 radical (unpaired) electrons. The van der Waals surface area contributed by atoms with E-state index >= 15 is 0 Å². The fraction of sp³-hybridized carbons (Fsp3) is 1.00. The Kier molecular flexibility index (Phi) is 76.9. The molecule has 0 amide bonds. The van der Waals surface area contributed by atoms with Gasteiger partial charge in [-0.05, 0) is 0 Å². The van der Waals surface area contributed by atoms with E-state index in [1.165, 1.54) is 0 Å². The van der Waals surface area contributed by atoms with Gasteiger partial charge < -0.3 is 5.11 Å². The first kappa shape index (κ1) is 22.7. The summed E-state index contributed by atoms with van der Waals surface area (Å²) in [5.41, 5.74) is 0. The fourth-order valence-corrected chi connectivity index (χ4v) is 0. The minimum absolute atomic E-state index is 0. The van der Waals surface area contributed by atoms with Crippen molar-refractivity contribution in [2.75, 3.05) is 7.11 Å². The molecule has 0 aliphatic carbocycles. The second-order valence-electron chi connectivity index (χ2n) is 0.192. The van der Waals surface area contributed by atoms with E-state index in [0.717, 1.165) is 7.11 Å². The van der Waals surface area contributed by atoms with Crippen molar-refractivity contribution in [1.29, 1.82) is 0 Å². The molecule has 1 nitrogen and oxygen atoms in total. The van der Waals surface area contributed by atoms with Crippen molar-refractivity contribution in [2.45, 2.75) is 13.8 Å². The van der Waals surface area contributed by atoms with E-state index < -0.39 is 0 Å². The number of halogens is 3. The molecule has 0 rings (SSSR count). The van der Waals surface area contributed by atoms with Crippen LogP contribution in [0.25, 0.3) is 0 Å². The number of aliphatic hydroxyl groups excluding tert-OH is 1. The third kappa shape index (κ3) is 96.2. The standard InChI is InChI=1S/C2H6.CH4O.3HI.H2S.V/c2*1-2;;;;;/h1-2H3;2H,1H3;3*1H;1H2;/q;;;;;;+3/p-3. The molecule has 0 saturated carbocycles. The second-order valence-corrected chi connectivity index (χ2v) is 35.6. The quantitative estimate of drug-likeness (QED) is 0.479. The van der Waals surface area contributed by atoms with E-state index in [4.69, 9.17) is 5.11 Å². The maximum absolute atomic E-state index is 7.00. The molecule has 0 aliphatic rings. The van der Waals surface area contributed by atoms with E-state index in [-0.39, 0.29) is 18.4 Å². The Bertz CT molecular complexity index is 23.8. The van der Waals surface area contributed by atoms with Gasteiger partial charge in [-0.2, -0.15) is 13.5 Å². The van der Waals surface area contributed by atoms with Crippen LogP contribution in [-0.4, -0.2) is 12.2 Å². The van der Waals surface area contributed by atoms with Gasteiger partial charge in [-0.15, -0.1) is 0 Å². The monoisotopic (exact) mass is 528 g/mol. The van der Waals surface area contributed by atoms with Crippen LogP contribution in [0.4, 0.5) is 0 Å². The van der Waals surface area contributed by atoms with Crippen LogP contribution in [0.1, 0.15) is 13.8 Å². The van der Waals surface area contributed by atoms with Gasteiger partial charge in [-0.1, -0.05) is 13.8 Å². The topological polar surface area (TPSA) is 20.2 Å². The molecule has 0 heterocycles. The van der Waals surface area contributed by atoms with Gasteiger partial charge in [-0.3, -0.25) is 0 Å². The molecule has 0 spiro atoms. The first-order chi connectivity index (χ1) is 3.73. The minimum atomic E-state index is -0.278. The molecule has 9 heavy (non-hydrogen) atoms. The Labute approximate surface area is 102 Å². The average molecular weight is 528 g/mol. The van der Waals surface area contributed by atoms with E-state index in [1.54, 1.807) is 0 Å². The second kappa shape index (κ2) is 30.4. The van der Waals surface area contributed by atoms with Crippen LogP contribution in [0.3, 0.4) is 0 Å². The number of hydrogen-bond acceptors (Lipinski definition) is 1. The molecule has 0 saturated heterocycles. The van der Waals surface area contributed by atoms with Crippen molar-refractivity contribution < 1.29 is 10.0 Å². The average Bonchev–Trinajstić information content (AvgIpc) is 1.75. The fourth-order valence-electron chi connectivity index (χ4n) is 0. The first-order valence-electron chi connectivity index (χ1n) is 1.95. The van der Waals surface area contributed by atoms with Crippen LogP contribution in [0.2, 0.25) is 0 Å². The molecule has 0 unspecified atom stereocenters. The van der Waals surface area contributed by atoms with E-state index in [9.17, 15) is 0 Å². The maximum atomic E-state index is 7.00. The van der Waals surface area contributed by atoms with Crippen molar-refractivity contribution in [1.82, 2.24) is 0 Å². The van der Waals surface area contributed by atoms with Crippen LogP contribution in [0.5, 0.6) is 0 Å². The van der Waals surface area contributed by atoms with Crippen LogP contribution in [-0.2, 0) is 4.92 Å². The van der Waals surface area contributed by atoms with Crippen LogP contribution >= 0.6 is 73.4 Å². The molecular weight excluding hydrogens is 516 g/mol. The normalized spacial score (nSPS) is 5.33. The van der Waals surface area contributed by atoms with Crippen molar-refractivity contribution in [3.8, 4) is 0 Å². The molecule has 62 valence electrons. The molecule has 0 fully saturated rings. The summed E-state index contributed by atoms with van der Waals surface area (Å²) in [6, 6.07) is 0. The van der Waals surface area contributed by atoms with Gasteiger partial charge >= 0.3 is 64.9 Å². The Morgan fingerprint density at radius 2 is 1.00 bits per heavy atom. The summed E-state index contributed by atoms with van der Waals surface area (Å²) in [5.74, 6) is 0. The summed E-state index contributed by atoms with van der Waals surface area (Å²) in [4.78, 5) is -0.278. The number of aliphatic hydroxyl groups is 1. The van der Waals surface area contributed by atoms with Crippen molar-refractivity contribution in [3.63, 3.8) is 0 Å². The van der Waals surface area contributed by atoms with Crippen LogP contribution in [0, 0.1) is 0 Å². The summed E-state index contributed by atoms with van der Waals surface area (Å²) in [6.45, 7) is 4.00. The zero-order valence-corrected chi connectivity index (χ0v) is 14.4. The van der Waals surface area contributed by atoms with Gasteiger partial charge in [0.15, 0.2) is 0 Å². The van der Waals surface area contributed by atoms with Gasteiger partial charge in [0, 0.05) is 7.11 Å². The predicted molar refractivity (Wildman–Crippen MR) is 71.9 cm³/mol. The Morgan fingerprint density at radius 3 is 1.00 bits per heavy atom. The molecule has 0 aromatic heterocycles. The summed E-state index contributed by atoms with van der Waals surface area (Å²) < 4.78 is 0. The van der Waals surface area contributed by atoms with E-state index in [1.807, 2.05) is 13.8 Å². The van der Waals surface area contributed by atoms with Crippen molar-refractivity contribution in [2.24, 2.45) is 0 Å². The van der Waals surface area contributed by atoms with Gasteiger partial charge in [0.1, 0.15) is 0 Å². The number of hydrogen-bond donors (Lipinski definition) is 1. The zero-order chi connectivity index (χ0) is 7.58. The SMILES string of the molecule is CC.CO.S.[I][V]([I])[I]. The van der Waals surface area contributed by atoms with Crippen molar-refractivity contribution >= 4 is 73.4 Å². The third-order valence-corrected chi connectivity index (χ3v) is 0. The Hall–Kier alpha value is 3.08. The Morgan fingerprint density at radius 1 is 1.00 bits per heavy atom. The van der Waals surface area contributed by atoms with Crippen molar-refractivity contribution in [3.05, 3.63) is 0 Å². The van der Waals surface area contributed by atoms with E-state index in [0.29, 0.717) is 0 Å². The molecule has 0 bridgehead atoms. The molecule has 0 aromatic carbocycles. The van der Waals surface area contributed by atoms with Crippen LogP contribution in [0.15, 0.2) is 0 Å². The molecule has 0 aliphatic heterocycles. The van der Waals surface area contributed by atoms with E-state index in [2.05, 4.69) is 59.9 Å². The van der Waals surface area contributed by atoms with Gasteiger partial charge in [0.2, 0.25) is 0 Å². The zero-order valence-electron chi connectivity index (χ0n) is 5.53. The Balaban J connectivity index is -0.0000000221.